The van der Waals surface area contributed by atoms with Gasteiger partial charge in [0, 0.05) is 34.2 Å². The van der Waals surface area contributed by atoms with Gasteiger partial charge in [0.2, 0.25) is 0 Å². The first-order chi connectivity index (χ1) is 8.61. The molecule has 0 aliphatic rings. The summed E-state index contributed by atoms with van der Waals surface area (Å²) < 4.78 is 6.70. The number of carbonyl (C=O) groups excluding carboxylic acids is 1. The molecule has 18 heavy (non-hydrogen) atoms. The second kappa shape index (κ2) is 5.27. The third-order valence-corrected chi connectivity index (χ3v) is 3.07. The summed E-state index contributed by atoms with van der Waals surface area (Å²) >= 11 is 5.93. The van der Waals surface area contributed by atoms with E-state index in [1.54, 1.807) is 6.92 Å². The molecule has 0 atom stereocenters. The zero-order chi connectivity index (χ0) is 13.1. The minimum absolute atomic E-state index is 0.297. The van der Waals surface area contributed by atoms with E-state index >= 15 is 0 Å². The molecule has 2 rings (SSSR count). The summed E-state index contributed by atoms with van der Waals surface area (Å²) in [6, 6.07) is 7.75. The summed E-state index contributed by atoms with van der Waals surface area (Å²) in [4.78, 5) is 11.3. The van der Waals surface area contributed by atoms with Gasteiger partial charge in [0.05, 0.1) is 7.11 Å². The molecule has 0 spiro atoms. The second-order valence-corrected chi connectivity index (χ2v) is 4.49. The van der Waals surface area contributed by atoms with Gasteiger partial charge in [-0.15, -0.1) is 0 Å². The number of carbonyl (C=O) groups is 1. The van der Waals surface area contributed by atoms with E-state index in [1.165, 1.54) is 7.11 Å². The molecule has 0 amide bonds. The van der Waals surface area contributed by atoms with E-state index in [2.05, 4.69) is 9.30 Å². The molecular formula is C14H14ClNO2. The topological polar surface area (TPSA) is 31.2 Å². The number of esters is 1. The summed E-state index contributed by atoms with van der Waals surface area (Å²) in [7, 11) is 1.38. The van der Waals surface area contributed by atoms with Crippen LogP contribution in [-0.4, -0.2) is 17.6 Å². The van der Waals surface area contributed by atoms with Gasteiger partial charge in [0.1, 0.15) is 0 Å². The minimum Gasteiger partial charge on any atom is -0.466 e. The molecule has 0 fully saturated rings. The molecule has 1 aromatic carbocycles. The number of nitrogens with zero attached hydrogens (tertiary/aromatic N) is 1. The molecule has 1 aromatic heterocycles. The van der Waals surface area contributed by atoms with E-state index < -0.39 is 0 Å². The van der Waals surface area contributed by atoms with E-state index in [0.29, 0.717) is 12.1 Å². The third kappa shape index (κ3) is 2.57. The van der Waals surface area contributed by atoms with Gasteiger partial charge in [0.15, 0.2) is 0 Å². The lowest BCUT2D eigenvalue weighted by Gasteiger charge is -2.03. The highest BCUT2D eigenvalue weighted by atomic mass is 35.5. The first kappa shape index (κ1) is 12.7. The summed E-state index contributed by atoms with van der Waals surface area (Å²) in [6.07, 6.45) is 3.82. The minimum atomic E-state index is -0.297. The van der Waals surface area contributed by atoms with Crippen molar-refractivity contribution in [3.8, 4) is 0 Å². The van der Waals surface area contributed by atoms with Crippen LogP contribution in [0.2, 0.25) is 5.02 Å². The Labute approximate surface area is 111 Å². The number of fused-ring (bicyclic) bond motifs is 1. The van der Waals surface area contributed by atoms with Crippen molar-refractivity contribution in [1.29, 1.82) is 0 Å². The summed E-state index contributed by atoms with van der Waals surface area (Å²) in [6.45, 7) is 2.38. The van der Waals surface area contributed by atoms with Crippen LogP contribution < -0.4 is 0 Å². The van der Waals surface area contributed by atoms with Gasteiger partial charge in [-0.25, -0.2) is 4.79 Å². The Kier molecular flexibility index (Phi) is 3.72. The van der Waals surface area contributed by atoms with Gasteiger partial charge in [-0.1, -0.05) is 17.7 Å². The molecule has 0 aliphatic carbocycles. The SMILES string of the molecule is COC(=O)C(C)=CCn1ccc2cc(Cl)ccc21. The van der Waals surface area contributed by atoms with E-state index in [1.807, 2.05) is 36.5 Å². The van der Waals surface area contributed by atoms with E-state index in [4.69, 9.17) is 11.6 Å². The highest BCUT2D eigenvalue weighted by Gasteiger charge is 2.04. The molecule has 3 nitrogen and oxygen atoms in total. The maximum atomic E-state index is 11.3. The number of aromatic nitrogens is 1. The molecule has 0 radical (unpaired) electrons. The Hall–Kier alpha value is -1.74. The number of methoxy groups -OCH3 is 1. The quantitative estimate of drug-likeness (QED) is 0.628. The van der Waals surface area contributed by atoms with Crippen molar-refractivity contribution in [2.24, 2.45) is 0 Å². The standard InChI is InChI=1S/C14H14ClNO2/c1-10(14(17)18-2)5-7-16-8-6-11-9-12(15)3-4-13(11)16/h3-6,8-9H,7H2,1-2H3. The molecular weight excluding hydrogens is 250 g/mol. The van der Waals surface area contributed by atoms with Crippen LogP contribution in [0.1, 0.15) is 6.92 Å². The number of rotatable bonds is 3. The molecule has 94 valence electrons. The number of allylic oxidation sites excluding steroid dienone is 1. The van der Waals surface area contributed by atoms with Crippen LogP contribution in [0.3, 0.4) is 0 Å². The summed E-state index contributed by atoms with van der Waals surface area (Å²) in [5.74, 6) is -0.297. The first-order valence-corrected chi connectivity index (χ1v) is 5.99. The molecule has 0 unspecified atom stereocenters. The normalized spacial score (nSPS) is 11.8. The van der Waals surface area contributed by atoms with Crippen LogP contribution in [-0.2, 0) is 16.1 Å². The lowest BCUT2D eigenvalue weighted by Crippen LogP contribution is -2.03. The van der Waals surface area contributed by atoms with Crippen molar-refractivity contribution >= 4 is 28.5 Å². The Morgan fingerprint density at radius 1 is 1.44 bits per heavy atom. The van der Waals surface area contributed by atoms with Crippen LogP contribution in [0.5, 0.6) is 0 Å². The Morgan fingerprint density at radius 3 is 2.94 bits per heavy atom. The highest BCUT2D eigenvalue weighted by Crippen LogP contribution is 2.20. The van der Waals surface area contributed by atoms with Crippen molar-refractivity contribution in [2.75, 3.05) is 7.11 Å². The van der Waals surface area contributed by atoms with Crippen LogP contribution in [0, 0.1) is 0 Å². The van der Waals surface area contributed by atoms with Crippen LogP contribution >= 0.6 is 11.6 Å². The maximum Gasteiger partial charge on any atom is 0.333 e. The van der Waals surface area contributed by atoms with Crippen LogP contribution in [0.15, 0.2) is 42.1 Å². The van der Waals surface area contributed by atoms with Gasteiger partial charge in [0.25, 0.3) is 0 Å². The average Bonchev–Trinajstić information content (AvgIpc) is 2.77. The predicted molar refractivity (Wildman–Crippen MR) is 72.7 cm³/mol. The predicted octanol–water partition coefficient (Wildman–Crippen LogP) is 3.41. The number of benzene rings is 1. The fourth-order valence-corrected chi connectivity index (χ4v) is 1.99. The second-order valence-electron chi connectivity index (χ2n) is 4.05. The number of halogens is 1. The third-order valence-electron chi connectivity index (χ3n) is 2.83. The fraction of sp³-hybridized carbons (Fsp3) is 0.214. The smallest absolute Gasteiger partial charge is 0.333 e. The van der Waals surface area contributed by atoms with Crippen molar-refractivity contribution in [3.63, 3.8) is 0 Å². The van der Waals surface area contributed by atoms with Crippen molar-refractivity contribution in [3.05, 3.63) is 47.1 Å². The zero-order valence-electron chi connectivity index (χ0n) is 10.3. The number of hydrogen-bond acceptors (Lipinski definition) is 2. The van der Waals surface area contributed by atoms with Gasteiger partial charge in [-0.2, -0.15) is 0 Å². The highest BCUT2D eigenvalue weighted by molar-refractivity contribution is 6.31. The number of ether oxygens (including phenoxy) is 1. The molecule has 0 N–H and O–H groups in total. The molecule has 4 heteroatoms. The molecule has 0 saturated heterocycles. The van der Waals surface area contributed by atoms with E-state index in [0.717, 1.165) is 15.9 Å². The molecule has 2 aromatic rings. The summed E-state index contributed by atoms with van der Waals surface area (Å²) in [5, 5.41) is 1.81. The zero-order valence-corrected chi connectivity index (χ0v) is 11.1. The van der Waals surface area contributed by atoms with Gasteiger partial charge in [-0.3, -0.25) is 0 Å². The summed E-state index contributed by atoms with van der Waals surface area (Å²) in [5.41, 5.74) is 1.70. The van der Waals surface area contributed by atoms with Gasteiger partial charge >= 0.3 is 5.97 Å². The largest absolute Gasteiger partial charge is 0.466 e. The van der Waals surface area contributed by atoms with Gasteiger partial charge in [-0.05, 0) is 31.2 Å². The number of hydrogen-bond donors (Lipinski definition) is 0. The lowest BCUT2D eigenvalue weighted by atomic mass is 10.2. The van der Waals surface area contributed by atoms with E-state index in [-0.39, 0.29) is 5.97 Å². The lowest BCUT2D eigenvalue weighted by molar-refractivity contribution is -0.136. The van der Waals surface area contributed by atoms with Crippen molar-refractivity contribution in [2.45, 2.75) is 13.5 Å². The Morgan fingerprint density at radius 2 is 2.22 bits per heavy atom. The molecule has 0 aliphatic heterocycles. The molecule has 0 bridgehead atoms. The fourth-order valence-electron chi connectivity index (χ4n) is 1.81. The van der Waals surface area contributed by atoms with Crippen molar-refractivity contribution < 1.29 is 9.53 Å². The van der Waals surface area contributed by atoms with E-state index in [9.17, 15) is 4.79 Å². The first-order valence-electron chi connectivity index (χ1n) is 5.61. The van der Waals surface area contributed by atoms with Crippen molar-refractivity contribution in [1.82, 2.24) is 4.57 Å². The monoisotopic (exact) mass is 263 g/mol. The Balaban J connectivity index is 2.25. The van der Waals surface area contributed by atoms with Crippen LogP contribution in [0.4, 0.5) is 0 Å². The maximum absolute atomic E-state index is 11.3. The molecule has 0 saturated carbocycles. The Bertz CT molecular complexity index is 613. The molecule has 1 heterocycles. The van der Waals surface area contributed by atoms with Crippen LogP contribution in [0.25, 0.3) is 10.9 Å². The van der Waals surface area contributed by atoms with Gasteiger partial charge < -0.3 is 9.30 Å². The average molecular weight is 264 g/mol.